The molecule has 2 unspecified atom stereocenters. The van der Waals surface area contributed by atoms with E-state index in [2.05, 4.69) is 10.6 Å². The summed E-state index contributed by atoms with van der Waals surface area (Å²) in [4.78, 5) is 26.0. The van der Waals surface area contributed by atoms with Crippen LogP contribution in [0, 0.1) is 0 Å². The summed E-state index contributed by atoms with van der Waals surface area (Å²) in [7, 11) is 0. The van der Waals surface area contributed by atoms with Gasteiger partial charge in [0, 0.05) is 6.04 Å². The lowest BCUT2D eigenvalue weighted by Gasteiger charge is -2.27. The minimum Gasteiger partial charge on any atom is -0.335 e. The number of carbonyl (C=O) groups excluding carboxylic acids is 2. The van der Waals surface area contributed by atoms with Gasteiger partial charge in [-0.25, -0.2) is 14.5 Å². The first kappa shape index (κ1) is 14.9. The van der Waals surface area contributed by atoms with Gasteiger partial charge in [0.2, 0.25) is 0 Å². The van der Waals surface area contributed by atoms with E-state index in [4.69, 9.17) is 0 Å². The van der Waals surface area contributed by atoms with Gasteiger partial charge in [0.05, 0.1) is 12.1 Å². The lowest BCUT2D eigenvalue weighted by molar-refractivity contribution is 0.183. The van der Waals surface area contributed by atoms with Gasteiger partial charge >= 0.3 is 12.1 Å². The van der Waals surface area contributed by atoms with Crippen LogP contribution in [-0.4, -0.2) is 29.0 Å². The van der Waals surface area contributed by atoms with Crippen LogP contribution in [-0.2, 0) is 0 Å². The molecule has 2 aliphatic rings. The molecule has 4 amide bonds. The minimum atomic E-state index is -0.310. The van der Waals surface area contributed by atoms with E-state index in [0.717, 1.165) is 31.2 Å². The normalized spacial score (nSPS) is 25.9. The molecular weight excluding hydrogens is 278 g/mol. The molecule has 5 nitrogen and oxygen atoms in total. The van der Waals surface area contributed by atoms with Crippen LogP contribution in [0.1, 0.15) is 50.6 Å². The summed E-state index contributed by atoms with van der Waals surface area (Å²) in [5, 5.41) is 5.93. The summed E-state index contributed by atoms with van der Waals surface area (Å²) in [5.41, 5.74) is 1.02. The van der Waals surface area contributed by atoms with Crippen molar-refractivity contribution in [3.63, 3.8) is 0 Å². The van der Waals surface area contributed by atoms with E-state index in [-0.39, 0.29) is 30.2 Å². The number of hydrogen-bond donors (Lipinski definition) is 2. The Kier molecular flexibility index (Phi) is 4.32. The maximum atomic E-state index is 12.5. The Bertz CT molecular complexity index is 540. The second-order valence-corrected chi connectivity index (χ2v) is 6.23. The Labute approximate surface area is 131 Å². The molecule has 5 heteroatoms. The molecule has 1 saturated carbocycles. The first-order valence-corrected chi connectivity index (χ1v) is 8.12. The van der Waals surface area contributed by atoms with Crippen molar-refractivity contribution in [3.05, 3.63) is 35.9 Å². The third kappa shape index (κ3) is 2.93. The topological polar surface area (TPSA) is 61.4 Å². The van der Waals surface area contributed by atoms with Crippen molar-refractivity contribution >= 4 is 12.1 Å². The highest BCUT2D eigenvalue weighted by Gasteiger charge is 2.41. The van der Waals surface area contributed by atoms with Crippen LogP contribution in [0.5, 0.6) is 0 Å². The Hall–Kier alpha value is -2.04. The van der Waals surface area contributed by atoms with Crippen molar-refractivity contribution in [3.8, 4) is 0 Å². The fourth-order valence-electron chi connectivity index (χ4n) is 3.45. The SMILES string of the molecule is CC1C(c2ccccc2)NC(=O)N1C(=O)NC1CCCCC1. The summed E-state index contributed by atoms with van der Waals surface area (Å²) >= 11 is 0. The van der Waals surface area contributed by atoms with E-state index in [9.17, 15) is 9.59 Å². The highest BCUT2D eigenvalue weighted by Crippen LogP contribution is 2.27. The molecule has 1 aliphatic heterocycles. The molecule has 1 heterocycles. The third-order valence-corrected chi connectivity index (χ3v) is 4.70. The largest absolute Gasteiger partial charge is 0.335 e. The Morgan fingerprint density at radius 2 is 1.86 bits per heavy atom. The monoisotopic (exact) mass is 301 g/mol. The second-order valence-electron chi connectivity index (χ2n) is 6.23. The molecule has 1 aromatic rings. The molecule has 2 N–H and O–H groups in total. The van der Waals surface area contributed by atoms with Crippen LogP contribution in [0.4, 0.5) is 9.59 Å². The van der Waals surface area contributed by atoms with Crippen LogP contribution in [0.25, 0.3) is 0 Å². The lowest BCUT2D eigenvalue weighted by Crippen LogP contribution is -2.49. The molecule has 22 heavy (non-hydrogen) atoms. The van der Waals surface area contributed by atoms with Crippen molar-refractivity contribution in [2.45, 2.75) is 57.2 Å². The molecule has 1 aromatic carbocycles. The van der Waals surface area contributed by atoms with Crippen molar-refractivity contribution in [2.75, 3.05) is 0 Å². The Morgan fingerprint density at radius 3 is 2.55 bits per heavy atom. The van der Waals surface area contributed by atoms with Gasteiger partial charge in [0.15, 0.2) is 0 Å². The number of nitrogens with one attached hydrogen (secondary N) is 2. The van der Waals surface area contributed by atoms with Crippen LogP contribution in [0.3, 0.4) is 0 Å². The summed E-state index contributed by atoms with van der Waals surface area (Å²) in [5.74, 6) is 0. The van der Waals surface area contributed by atoms with Crippen molar-refractivity contribution in [1.82, 2.24) is 15.5 Å². The maximum absolute atomic E-state index is 12.5. The summed E-state index contributed by atoms with van der Waals surface area (Å²) in [6, 6.07) is 9.07. The van der Waals surface area contributed by atoms with Gasteiger partial charge < -0.3 is 10.6 Å². The molecule has 1 aliphatic carbocycles. The van der Waals surface area contributed by atoms with Crippen molar-refractivity contribution < 1.29 is 9.59 Å². The first-order valence-electron chi connectivity index (χ1n) is 8.12. The van der Waals surface area contributed by atoms with Crippen LogP contribution >= 0.6 is 0 Å². The molecule has 2 atom stereocenters. The van der Waals surface area contributed by atoms with Gasteiger partial charge in [-0.1, -0.05) is 49.6 Å². The molecule has 3 rings (SSSR count). The summed E-state index contributed by atoms with van der Waals surface area (Å²) in [6.45, 7) is 1.91. The average Bonchev–Trinajstić information content (AvgIpc) is 2.84. The number of rotatable bonds is 2. The van der Waals surface area contributed by atoms with Gasteiger partial charge in [0.1, 0.15) is 0 Å². The van der Waals surface area contributed by atoms with Gasteiger partial charge in [-0.05, 0) is 25.3 Å². The van der Waals surface area contributed by atoms with E-state index in [1.165, 1.54) is 11.3 Å². The zero-order valence-corrected chi connectivity index (χ0v) is 12.9. The van der Waals surface area contributed by atoms with Crippen molar-refractivity contribution in [1.29, 1.82) is 0 Å². The quantitative estimate of drug-likeness (QED) is 0.881. The van der Waals surface area contributed by atoms with Crippen LogP contribution in [0.15, 0.2) is 30.3 Å². The molecular formula is C17H23N3O2. The molecule has 1 saturated heterocycles. The van der Waals surface area contributed by atoms with Crippen LogP contribution in [0.2, 0.25) is 0 Å². The highest BCUT2D eigenvalue weighted by atomic mass is 16.2. The first-order chi connectivity index (χ1) is 10.7. The number of nitrogens with zero attached hydrogens (tertiary/aromatic N) is 1. The van der Waals surface area contributed by atoms with Gasteiger partial charge in [0.25, 0.3) is 0 Å². The molecule has 0 aromatic heterocycles. The molecule has 2 fully saturated rings. The zero-order chi connectivity index (χ0) is 15.5. The van der Waals surface area contributed by atoms with Gasteiger partial charge in [-0.3, -0.25) is 0 Å². The fraction of sp³-hybridized carbons (Fsp3) is 0.529. The van der Waals surface area contributed by atoms with E-state index in [0.29, 0.717) is 0 Å². The Balaban J connectivity index is 1.68. The van der Waals surface area contributed by atoms with Gasteiger partial charge in [-0.2, -0.15) is 0 Å². The molecule has 0 radical (unpaired) electrons. The smallest absolute Gasteiger partial charge is 0.326 e. The number of hydrogen-bond acceptors (Lipinski definition) is 2. The fourth-order valence-corrected chi connectivity index (χ4v) is 3.45. The van der Waals surface area contributed by atoms with E-state index in [1.807, 2.05) is 37.3 Å². The predicted molar refractivity (Wildman–Crippen MR) is 84.4 cm³/mol. The number of carbonyl (C=O) groups is 2. The molecule has 118 valence electrons. The average molecular weight is 301 g/mol. The lowest BCUT2D eigenvalue weighted by atomic mass is 9.95. The van der Waals surface area contributed by atoms with E-state index in [1.54, 1.807) is 0 Å². The van der Waals surface area contributed by atoms with Gasteiger partial charge in [-0.15, -0.1) is 0 Å². The number of benzene rings is 1. The van der Waals surface area contributed by atoms with Crippen LogP contribution < -0.4 is 10.6 Å². The molecule has 0 bridgehead atoms. The highest BCUT2D eigenvalue weighted by molar-refractivity contribution is 5.96. The van der Waals surface area contributed by atoms with E-state index >= 15 is 0 Å². The summed E-state index contributed by atoms with van der Waals surface area (Å²) < 4.78 is 0. The van der Waals surface area contributed by atoms with Crippen molar-refractivity contribution in [2.24, 2.45) is 0 Å². The standard InChI is InChI=1S/C17H23N3O2/c1-12-15(13-8-4-2-5-9-13)19-17(22)20(12)16(21)18-14-10-6-3-7-11-14/h2,4-5,8-9,12,14-15H,3,6-7,10-11H2,1H3,(H,18,21)(H,19,22). The maximum Gasteiger partial charge on any atom is 0.326 e. The minimum absolute atomic E-state index is 0.147. The number of amides is 4. The third-order valence-electron chi connectivity index (χ3n) is 4.70. The zero-order valence-electron chi connectivity index (χ0n) is 12.9. The second kappa shape index (κ2) is 6.38. The summed E-state index contributed by atoms with van der Waals surface area (Å²) in [6.07, 6.45) is 5.57. The Morgan fingerprint density at radius 1 is 1.18 bits per heavy atom. The van der Waals surface area contributed by atoms with E-state index < -0.39 is 0 Å². The number of urea groups is 2. The molecule has 0 spiro atoms. The predicted octanol–water partition coefficient (Wildman–Crippen LogP) is 3.18. The number of imide groups is 1.